The van der Waals surface area contributed by atoms with E-state index in [4.69, 9.17) is 28.4 Å². The molecule has 7 bridgehead atoms. The van der Waals surface area contributed by atoms with Gasteiger partial charge in [-0.1, -0.05) is 25.1 Å². The highest BCUT2D eigenvalue weighted by Crippen LogP contribution is 2.80. The highest BCUT2D eigenvalue weighted by molar-refractivity contribution is 5.89. The number of carbonyl (C=O) groups is 2. The summed E-state index contributed by atoms with van der Waals surface area (Å²) in [6, 6.07) is 8.56. The number of hydrogen-bond acceptors (Lipinski definition) is 11. The lowest BCUT2D eigenvalue weighted by molar-refractivity contribution is -0.300. The van der Waals surface area contributed by atoms with Crippen LogP contribution in [0.2, 0.25) is 0 Å². The van der Waals surface area contributed by atoms with Crippen LogP contribution in [-0.2, 0) is 33.2 Å². The number of piperidine rings is 1. The lowest BCUT2D eigenvalue weighted by Crippen LogP contribution is -2.79. The van der Waals surface area contributed by atoms with Crippen LogP contribution in [0.1, 0.15) is 43.5 Å². The SMILES string of the molecule is CCN1C[C@]2(COC)[C@H](O)C[C@H](OC)[C@@]34[C@@H]5C[C@]6(O)[C@@H](OC)C[C@@](OC(C)=O)([C@H]5[C@H]6OC(=O)c5ccccc5)[C@@H]([C@H](OC)[C@H]23)[C@@H]14. The first-order chi connectivity index (χ1) is 21.5. The fourth-order valence-electron chi connectivity index (χ4n) is 12.2. The molecule has 14 atom stereocenters. The Balaban J connectivity index is 1.50. The van der Waals surface area contributed by atoms with E-state index in [1.54, 1.807) is 52.7 Å². The van der Waals surface area contributed by atoms with Crippen LogP contribution in [-0.4, -0.2) is 123 Å². The molecule has 6 aliphatic rings. The third kappa shape index (κ3) is 3.72. The first kappa shape index (κ1) is 31.5. The van der Waals surface area contributed by atoms with Crippen molar-refractivity contribution in [1.82, 2.24) is 4.90 Å². The van der Waals surface area contributed by atoms with E-state index in [0.717, 1.165) is 0 Å². The predicted molar refractivity (Wildman–Crippen MR) is 159 cm³/mol. The second-order valence-electron chi connectivity index (χ2n) is 14.4. The van der Waals surface area contributed by atoms with E-state index in [1.165, 1.54) is 6.92 Å². The molecule has 5 aliphatic carbocycles. The van der Waals surface area contributed by atoms with Crippen LogP contribution < -0.4 is 0 Å². The summed E-state index contributed by atoms with van der Waals surface area (Å²) in [5.41, 5.74) is -3.74. The minimum absolute atomic E-state index is 0.163. The number of rotatable bonds is 9. The Hall–Kier alpha value is -2.12. The first-order valence-electron chi connectivity index (χ1n) is 16.2. The number of ether oxygens (including phenoxy) is 6. The summed E-state index contributed by atoms with van der Waals surface area (Å²) in [6.45, 7) is 5.08. The van der Waals surface area contributed by atoms with Crippen molar-refractivity contribution >= 4 is 11.9 Å². The summed E-state index contributed by atoms with van der Waals surface area (Å²) in [4.78, 5) is 29.3. The van der Waals surface area contributed by atoms with Crippen molar-refractivity contribution in [2.24, 2.45) is 34.5 Å². The molecule has 11 heteroatoms. The Kier molecular flexibility index (Phi) is 7.48. The van der Waals surface area contributed by atoms with Gasteiger partial charge in [0.25, 0.3) is 0 Å². The minimum Gasteiger partial charge on any atom is -0.458 e. The Labute approximate surface area is 264 Å². The highest BCUT2D eigenvalue weighted by Gasteiger charge is 2.90. The molecule has 0 aromatic heterocycles. The third-order valence-corrected chi connectivity index (χ3v) is 13.1. The van der Waals surface area contributed by atoms with Gasteiger partial charge in [-0.25, -0.2) is 4.79 Å². The summed E-state index contributed by atoms with van der Waals surface area (Å²) in [5, 5.41) is 24.8. The van der Waals surface area contributed by atoms with Crippen molar-refractivity contribution in [3.63, 3.8) is 0 Å². The molecule has 0 radical (unpaired) electrons. The molecule has 1 aromatic rings. The van der Waals surface area contributed by atoms with Gasteiger partial charge in [-0.05, 0) is 31.0 Å². The quantitative estimate of drug-likeness (QED) is 0.387. The monoisotopic (exact) mass is 629 g/mol. The molecular formula is C34H47NO10. The zero-order chi connectivity index (χ0) is 32.1. The fraction of sp³-hybridized carbons (Fsp3) is 0.765. The predicted octanol–water partition coefficient (Wildman–Crippen LogP) is 1.68. The summed E-state index contributed by atoms with van der Waals surface area (Å²) >= 11 is 0. The smallest absolute Gasteiger partial charge is 0.338 e. The number of methoxy groups -OCH3 is 4. The van der Waals surface area contributed by atoms with Gasteiger partial charge < -0.3 is 38.6 Å². The summed E-state index contributed by atoms with van der Waals surface area (Å²) in [7, 11) is 6.58. The molecule has 1 heterocycles. The number of esters is 2. The van der Waals surface area contributed by atoms with Crippen LogP contribution in [0.15, 0.2) is 30.3 Å². The van der Waals surface area contributed by atoms with Crippen molar-refractivity contribution in [2.75, 3.05) is 48.1 Å². The van der Waals surface area contributed by atoms with Crippen molar-refractivity contribution in [3.05, 3.63) is 35.9 Å². The number of hydrogen-bond donors (Lipinski definition) is 2. The van der Waals surface area contributed by atoms with Crippen molar-refractivity contribution < 1.29 is 48.2 Å². The van der Waals surface area contributed by atoms with E-state index >= 15 is 0 Å². The second kappa shape index (κ2) is 10.7. The van der Waals surface area contributed by atoms with E-state index < -0.39 is 76.3 Å². The molecular weight excluding hydrogens is 582 g/mol. The lowest BCUT2D eigenvalue weighted by Gasteiger charge is -2.70. The van der Waals surface area contributed by atoms with Crippen molar-refractivity contribution in [2.45, 2.75) is 80.9 Å². The number of aliphatic hydroxyl groups is 2. The van der Waals surface area contributed by atoms with E-state index in [1.807, 2.05) is 6.07 Å². The molecule has 1 aliphatic heterocycles. The normalized spacial score (nSPS) is 49.1. The van der Waals surface area contributed by atoms with E-state index in [9.17, 15) is 19.8 Å². The molecule has 0 unspecified atom stereocenters. The summed E-state index contributed by atoms with van der Waals surface area (Å²) in [6.07, 6.45) is -2.55. The standard InChI is InChI=1S/C34H47NO10/c1-7-35-16-31(17-40-3)21(37)13-22(41-4)34-20-14-32(39)23(42-5)15-33(45-18(2)36,25(28(34)35)26(43-6)27(31)34)24(20)29(32)44-30(38)19-11-9-8-10-12-19/h8-12,20-29,37,39H,7,13-17H2,1-6H3/t20-,21-,22+,23+,24-,25+,26+,27-,28-,29-,31+,32+,33-,34+/m1/s1. The second-order valence-corrected chi connectivity index (χ2v) is 14.4. The number of fused-ring (bicyclic) bond motifs is 2. The number of benzene rings is 1. The van der Waals surface area contributed by atoms with Crippen LogP contribution in [0.25, 0.3) is 0 Å². The number of carbonyl (C=O) groups excluding carboxylic acids is 2. The Morgan fingerprint density at radius 1 is 1.00 bits per heavy atom. The number of nitrogens with zero attached hydrogens (tertiary/aromatic N) is 1. The van der Waals surface area contributed by atoms with Crippen molar-refractivity contribution in [3.8, 4) is 0 Å². The summed E-state index contributed by atoms with van der Waals surface area (Å²) in [5.74, 6) is -2.55. The Bertz CT molecular complexity index is 1330. The molecule has 2 N–H and O–H groups in total. The molecule has 11 nitrogen and oxygen atoms in total. The topological polar surface area (TPSA) is 133 Å². The zero-order valence-electron chi connectivity index (χ0n) is 27.0. The first-order valence-corrected chi connectivity index (χ1v) is 16.2. The average Bonchev–Trinajstić information content (AvgIpc) is 3.40. The Morgan fingerprint density at radius 3 is 2.31 bits per heavy atom. The minimum atomic E-state index is -1.55. The van der Waals surface area contributed by atoms with Gasteiger partial charge in [0.1, 0.15) is 17.3 Å². The van der Waals surface area contributed by atoms with Gasteiger partial charge in [0, 0.05) is 89.4 Å². The lowest BCUT2D eigenvalue weighted by atomic mass is 9.42. The molecule has 0 amide bonds. The van der Waals surface area contributed by atoms with Gasteiger partial charge in [-0.15, -0.1) is 0 Å². The van der Waals surface area contributed by atoms with Crippen LogP contribution >= 0.6 is 0 Å². The van der Waals surface area contributed by atoms with E-state index in [2.05, 4.69) is 11.8 Å². The van der Waals surface area contributed by atoms with Crippen molar-refractivity contribution in [1.29, 1.82) is 0 Å². The molecule has 1 aromatic carbocycles. The largest absolute Gasteiger partial charge is 0.458 e. The maximum Gasteiger partial charge on any atom is 0.338 e. The van der Waals surface area contributed by atoms with Gasteiger partial charge >= 0.3 is 11.9 Å². The van der Waals surface area contributed by atoms with Crippen LogP contribution in [0.4, 0.5) is 0 Å². The number of aliphatic hydroxyl groups excluding tert-OH is 1. The molecule has 1 saturated heterocycles. The van der Waals surface area contributed by atoms with Gasteiger partial charge in [0.05, 0.1) is 36.6 Å². The molecule has 6 fully saturated rings. The molecule has 248 valence electrons. The summed E-state index contributed by atoms with van der Waals surface area (Å²) < 4.78 is 37.9. The maximum absolute atomic E-state index is 13.7. The zero-order valence-corrected chi connectivity index (χ0v) is 27.0. The fourth-order valence-corrected chi connectivity index (χ4v) is 12.2. The highest BCUT2D eigenvalue weighted by atomic mass is 16.6. The van der Waals surface area contributed by atoms with Crippen LogP contribution in [0.5, 0.6) is 0 Å². The van der Waals surface area contributed by atoms with Gasteiger partial charge in [-0.2, -0.15) is 0 Å². The van der Waals surface area contributed by atoms with Crippen LogP contribution in [0.3, 0.4) is 0 Å². The maximum atomic E-state index is 13.7. The number of likely N-dealkylation sites (tertiary alicyclic amines) is 1. The van der Waals surface area contributed by atoms with Gasteiger partial charge in [-0.3, -0.25) is 9.69 Å². The van der Waals surface area contributed by atoms with Gasteiger partial charge in [0.2, 0.25) is 0 Å². The van der Waals surface area contributed by atoms with E-state index in [-0.39, 0.29) is 30.7 Å². The van der Waals surface area contributed by atoms with Crippen LogP contribution in [0, 0.1) is 34.5 Å². The van der Waals surface area contributed by atoms with Gasteiger partial charge in [0.15, 0.2) is 0 Å². The molecule has 45 heavy (non-hydrogen) atoms. The molecule has 5 saturated carbocycles. The van der Waals surface area contributed by atoms with E-state index in [0.29, 0.717) is 31.7 Å². The average molecular weight is 630 g/mol. The third-order valence-electron chi connectivity index (χ3n) is 13.1. The Morgan fingerprint density at radius 2 is 1.71 bits per heavy atom. The molecule has 1 spiro atoms. The molecule has 7 rings (SSSR count).